The predicted molar refractivity (Wildman–Crippen MR) is 129 cm³/mol. The van der Waals surface area contributed by atoms with Crippen LogP contribution in [0.5, 0.6) is 0 Å². The molecule has 1 aromatic carbocycles. The third-order valence-electron chi connectivity index (χ3n) is 5.06. The van der Waals surface area contributed by atoms with Crippen LogP contribution in [-0.2, 0) is 17.3 Å². The van der Waals surface area contributed by atoms with Crippen LogP contribution in [0.3, 0.4) is 0 Å². The fourth-order valence-corrected chi connectivity index (χ4v) is 8.51. The second-order valence-electron chi connectivity index (χ2n) is 8.23. The van der Waals surface area contributed by atoms with E-state index >= 15 is 0 Å². The first-order valence-electron chi connectivity index (χ1n) is 9.84. The van der Waals surface area contributed by atoms with Crippen molar-refractivity contribution >= 4 is 44.5 Å². The Kier molecular flexibility index (Phi) is 11.8. The Morgan fingerprint density at radius 3 is 1.30 bits per heavy atom. The minimum atomic E-state index is -0.00512. The molecule has 0 spiro atoms. The van der Waals surface area contributed by atoms with Gasteiger partial charge in [0.1, 0.15) is 0 Å². The van der Waals surface area contributed by atoms with Gasteiger partial charge >= 0.3 is 34.6 Å². The first-order valence-corrected chi connectivity index (χ1v) is 15.4. The van der Waals surface area contributed by atoms with Gasteiger partial charge in [0.05, 0.1) is 0 Å². The van der Waals surface area contributed by atoms with Crippen molar-refractivity contribution < 1.29 is 17.3 Å². The molecule has 156 valence electrons. The van der Waals surface area contributed by atoms with E-state index in [2.05, 4.69) is 107 Å². The number of hydrogen-bond acceptors (Lipinski definition) is 2. The summed E-state index contributed by atoms with van der Waals surface area (Å²) in [7, 11) is 6.97. The van der Waals surface area contributed by atoms with Gasteiger partial charge in [0.15, 0.2) is 0 Å². The van der Waals surface area contributed by atoms with E-state index < -0.39 is 0 Å². The topological polar surface area (TPSA) is 6.48 Å². The molecule has 1 aromatic rings. The summed E-state index contributed by atoms with van der Waals surface area (Å²) < 4.78 is 0. The number of benzene rings is 1. The SMILES string of the molecule is CC(C)P(CN1[B]N(CP(C(C)C)C(C)C)c2ccccc21)C(C)C.[Cl][RhH]. The number of halogens is 1. The molecule has 1 aliphatic heterocycles. The maximum atomic E-state index is 4.57. The third-order valence-corrected chi connectivity index (χ3v) is 11.6. The third kappa shape index (κ3) is 7.14. The Labute approximate surface area is 185 Å². The Bertz CT molecular complexity index is 498. The summed E-state index contributed by atoms with van der Waals surface area (Å²) in [5.74, 6) is 0. The van der Waals surface area contributed by atoms with Crippen LogP contribution in [0.1, 0.15) is 55.4 Å². The van der Waals surface area contributed by atoms with Crippen LogP contribution in [-0.4, -0.2) is 42.8 Å². The Morgan fingerprint density at radius 1 is 0.741 bits per heavy atom. The van der Waals surface area contributed by atoms with E-state index in [0.717, 1.165) is 22.6 Å². The van der Waals surface area contributed by atoms with Gasteiger partial charge in [-0.3, -0.25) is 0 Å². The summed E-state index contributed by atoms with van der Waals surface area (Å²) in [6.45, 7) is 19.1. The molecule has 0 aliphatic carbocycles. The van der Waals surface area contributed by atoms with Crippen molar-refractivity contribution in [2.24, 2.45) is 0 Å². The first-order chi connectivity index (χ1) is 12.7. The van der Waals surface area contributed by atoms with Crippen LogP contribution in [0.4, 0.5) is 11.4 Å². The van der Waals surface area contributed by atoms with Crippen molar-refractivity contribution in [1.82, 2.24) is 0 Å². The zero-order valence-electron chi connectivity index (χ0n) is 18.1. The second-order valence-corrected chi connectivity index (χ2v) is 15.0. The van der Waals surface area contributed by atoms with Crippen LogP contribution in [0.25, 0.3) is 0 Å². The molecule has 27 heavy (non-hydrogen) atoms. The van der Waals surface area contributed by atoms with E-state index in [0.29, 0.717) is 0 Å². The minimum absolute atomic E-state index is 0.00512. The zero-order valence-corrected chi connectivity index (χ0v) is 22.4. The van der Waals surface area contributed by atoms with Gasteiger partial charge in [-0.1, -0.05) is 83.4 Å². The molecule has 7 heteroatoms. The van der Waals surface area contributed by atoms with Gasteiger partial charge in [0.25, 0.3) is 0 Å². The van der Waals surface area contributed by atoms with Gasteiger partial charge < -0.3 is 9.62 Å². The van der Waals surface area contributed by atoms with Gasteiger partial charge in [-0.25, -0.2) is 0 Å². The fourth-order valence-electron chi connectivity index (χ4n) is 3.67. The Balaban J connectivity index is 0.00000176. The summed E-state index contributed by atoms with van der Waals surface area (Å²) in [5.41, 5.74) is 5.89. The molecular formula is C20H37BClN2P2Rh. The Hall–Kier alpha value is 0.658. The molecule has 0 amide bonds. The van der Waals surface area contributed by atoms with Crippen molar-refractivity contribution in [3.8, 4) is 0 Å². The van der Waals surface area contributed by atoms with Crippen LogP contribution in [0.2, 0.25) is 0 Å². The van der Waals surface area contributed by atoms with Crippen LogP contribution in [0.15, 0.2) is 24.3 Å². The molecule has 0 unspecified atom stereocenters. The number of anilines is 2. The van der Waals surface area contributed by atoms with Gasteiger partial charge in [0, 0.05) is 23.9 Å². The maximum absolute atomic E-state index is 4.57. The van der Waals surface area contributed by atoms with Crippen LogP contribution < -0.4 is 9.62 Å². The summed E-state index contributed by atoms with van der Waals surface area (Å²) in [6, 6.07) is 8.97. The van der Waals surface area contributed by atoms with E-state index in [9.17, 15) is 0 Å². The molecule has 0 atom stereocenters. The predicted octanol–water partition coefficient (Wildman–Crippen LogP) is 6.78. The van der Waals surface area contributed by atoms with Crippen molar-refractivity contribution in [1.29, 1.82) is 0 Å². The monoisotopic (exact) mass is 516 g/mol. The van der Waals surface area contributed by atoms with Gasteiger partial charge in [-0.05, 0) is 34.8 Å². The van der Waals surface area contributed by atoms with Gasteiger partial charge in [-0.15, -0.1) is 0 Å². The average Bonchev–Trinajstić information content (AvgIpc) is 2.96. The fraction of sp³-hybridized carbons (Fsp3) is 0.700. The van der Waals surface area contributed by atoms with Crippen molar-refractivity contribution in [3.63, 3.8) is 0 Å². The molecule has 0 N–H and O–H groups in total. The normalized spacial score (nSPS) is 13.8. The van der Waals surface area contributed by atoms with Gasteiger partial charge in [-0.2, -0.15) is 0 Å². The summed E-state index contributed by atoms with van der Waals surface area (Å²) in [5, 5.41) is 0. The average molecular weight is 517 g/mol. The molecule has 0 bridgehead atoms. The van der Waals surface area contributed by atoms with Crippen LogP contribution >= 0.6 is 25.5 Å². The second kappa shape index (κ2) is 12.4. The summed E-state index contributed by atoms with van der Waals surface area (Å²) >= 11 is 1.82. The van der Waals surface area contributed by atoms with E-state index in [4.69, 9.17) is 0 Å². The van der Waals surface area contributed by atoms with Crippen molar-refractivity contribution in [2.75, 3.05) is 22.2 Å². The quantitative estimate of drug-likeness (QED) is 0.278. The first kappa shape index (κ1) is 25.7. The van der Waals surface area contributed by atoms with Gasteiger partial charge in [0.2, 0.25) is 0 Å². The number of hydrogen-bond donors (Lipinski definition) is 0. The number of nitrogens with zero attached hydrogens (tertiary/aromatic N) is 2. The molecule has 0 saturated heterocycles. The molecular weight excluding hydrogens is 479 g/mol. The molecule has 2 nitrogen and oxygen atoms in total. The standard InChI is InChI=1S/C20H36BN2P2.ClH.Rh.H/c1-15(2)24(16(3)4)13-22-19-11-9-10-12-20(19)23(21-22)14-25(17(5)6)18(7)8;;;/h9-12,15-18H,13-14H2,1-8H3;1H;;/q;;+1;/p-1. The van der Waals surface area contributed by atoms with E-state index in [1.54, 1.807) is 0 Å². The summed E-state index contributed by atoms with van der Waals surface area (Å²) in [6.07, 6.45) is 2.36. The van der Waals surface area contributed by atoms with Crippen LogP contribution in [0, 0.1) is 0 Å². The summed E-state index contributed by atoms with van der Waals surface area (Å²) in [4.78, 5) is 5.07. The van der Waals surface area contributed by atoms with E-state index in [1.165, 1.54) is 23.9 Å². The van der Waals surface area contributed by atoms with E-state index in [1.807, 2.05) is 17.3 Å². The molecule has 1 radical (unpaired) electrons. The number of fused-ring (bicyclic) bond motifs is 1. The van der Waals surface area contributed by atoms with E-state index in [-0.39, 0.29) is 15.8 Å². The number of para-hydroxylation sites is 2. The zero-order chi connectivity index (χ0) is 20.7. The number of rotatable bonds is 8. The Morgan fingerprint density at radius 2 is 1.04 bits per heavy atom. The molecule has 1 heterocycles. The molecule has 0 fully saturated rings. The molecule has 1 aliphatic rings. The van der Waals surface area contributed by atoms with Crippen molar-refractivity contribution in [3.05, 3.63) is 24.3 Å². The molecule has 0 aromatic heterocycles. The van der Waals surface area contributed by atoms with Crippen molar-refractivity contribution in [2.45, 2.75) is 78.0 Å². The molecule has 0 saturated carbocycles. The molecule has 2 rings (SSSR count).